The molecule has 0 fully saturated rings. The van der Waals surface area contributed by atoms with Crippen LogP contribution in [0, 0.1) is 6.92 Å². The number of hydrogen-bond donors (Lipinski definition) is 0. The summed E-state index contributed by atoms with van der Waals surface area (Å²) in [6.45, 7) is 8.08. The van der Waals surface area contributed by atoms with Crippen molar-refractivity contribution in [1.29, 1.82) is 0 Å². The minimum absolute atomic E-state index is 0.781. The summed E-state index contributed by atoms with van der Waals surface area (Å²) in [5.41, 5.74) is 3.35. The number of aryl methyl sites for hydroxylation is 1. The third-order valence-electron chi connectivity index (χ3n) is 6.78. The van der Waals surface area contributed by atoms with Crippen molar-refractivity contribution in [3.63, 3.8) is 0 Å². The summed E-state index contributed by atoms with van der Waals surface area (Å²) in [6.07, 6.45) is 15.3. The minimum atomic E-state index is 0.781. The fourth-order valence-corrected chi connectivity index (χ4v) is 4.55. The highest BCUT2D eigenvalue weighted by Crippen LogP contribution is 2.30. The van der Waals surface area contributed by atoms with Crippen LogP contribution in [-0.2, 0) is 0 Å². The minimum Gasteiger partial charge on any atom is -0.494 e. The normalized spacial score (nSPS) is 11.0. The highest BCUT2D eigenvalue weighted by atomic mass is 16.5. The van der Waals surface area contributed by atoms with E-state index in [-0.39, 0.29) is 0 Å². The molecule has 0 unspecified atom stereocenters. The quantitative estimate of drug-likeness (QED) is 0.128. The lowest BCUT2D eigenvalue weighted by atomic mass is 10.0. The Labute approximate surface area is 225 Å². The van der Waals surface area contributed by atoms with Crippen molar-refractivity contribution in [2.45, 2.75) is 97.8 Å². The summed E-state index contributed by atoms with van der Waals surface area (Å²) in [4.78, 5) is 0. The van der Waals surface area contributed by atoms with Crippen molar-refractivity contribution in [2.75, 3.05) is 13.2 Å². The molecule has 0 aliphatic carbocycles. The maximum absolute atomic E-state index is 6.07. The van der Waals surface area contributed by atoms with Gasteiger partial charge in [-0.05, 0) is 54.8 Å². The Morgan fingerprint density at radius 2 is 0.973 bits per heavy atom. The molecule has 1 aromatic heterocycles. The van der Waals surface area contributed by atoms with E-state index >= 15 is 0 Å². The average molecular weight is 504 g/mol. The summed E-state index contributed by atoms with van der Waals surface area (Å²) >= 11 is 0. The summed E-state index contributed by atoms with van der Waals surface area (Å²) in [7, 11) is 0. The molecule has 0 saturated heterocycles. The zero-order valence-electron chi connectivity index (χ0n) is 23.4. The van der Waals surface area contributed by atoms with Crippen LogP contribution in [0.2, 0.25) is 0 Å². The molecule has 37 heavy (non-hydrogen) atoms. The van der Waals surface area contributed by atoms with E-state index in [9.17, 15) is 0 Å². The highest BCUT2D eigenvalue weighted by molar-refractivity contribution is 5.70. The summed E-state index contributed by atoms with van der Waals surface area (Å²) in [6, 6.07) is 20.9. The van der Waals surface area contributed by atoms with Crippen LogP contribution in [0.3, 0.4) is 0 Å². The van der Waals surface area contributed by atoms with Crippen LogP contribution in [0.15, 0.2) is 65.1 Å². The van der Waals surface area contributed by atoms with Crippen LogP contribution in [0.5, 0.6) is 11.5 Å². The molecular formula is C34H47O3+. The van der Waals surface area contributed by atoms with E-state index < -0.39 is 0 Å². The predicted molar refractivity (Wildman–Crippen MR) is 156 cm³/mol. The molecule has 3 rings (SSSR count). The predicted octanol–water partition coefficient (Wildman–Crippen LogP) is 10.7. The Hall–Kier alpha value is -2.81. The fraction of sp³-hybridized carbons (Fsp3) is 0.500. The first kappa shape index (κ1) is 28.8. The second-order valence-corrected chi connectivity index (χ2v) is 10.1. The molecule has 0 saturated carbocycles. The Bertz CT molecular complexity index is 928. The Morgan fingerprint density at radius 3 is 1.49 bits per heavy atom. The first-order chi connectivity index (χ1) is 18.2. The zero-order chi connectivity index (χ0) is 26.1. The fourth-order valence-electron chi connectivity index (χ4n) is 4.55. The van der Waals surface area contributed by atoms with Crippen molar-refractivity contribution in [2.24, 2.45) is 0 Å². The topological polar surface area (TPSA) is 29.8 Å². The molecule has 0 bridgehead atoms. The van der Waals surface area contributed by atoms with Gasteiger partial charge >= 0.3 is 11.5 Å². The Morgan fingerprint density at radius 1 is 0.514 bits per heavy atom. The van der Waals surface area contributed by atoms with Crippen molar-refractivity contribution >= 4 is 0 Å². The van der Waals surface area contributed by atoms with Gasteiger partial charge in [0.1, 0.15) is 11.5 Å². The van der Waals surface area contributed by atoms with E-state index in [0.29, 0.717) is 0 Å². The van der Waals surface area contributed by atoms with E-state index in [4.69, 9.17) is 13.9 Å². The SMILES string of the molecule is CCCCCCCCOc1ccc(-c2cc(C)[o+]c(-c3ccc(OCCCCCCCC)cc3)c2)cc1. The monoisotopic (exact) mass is 503 g/mol. The summed E-state index contributed by atoms with van der Waals surface area (Å²) in [5, 5.41) is 0. The second kappa shape index (κ2) is 16.8. The van der Waals surface area contributed by atoms with Crippen molar-refractivity contribution in [3.8, 4) is 33.9 Å². The van der Waals surface area contributed by atoms with Crippen molar-refractivity contribution in [3.05, 3.63) is 66.4 Å². The van der Waals surface area contributed by atoms with Crippen LogP contribution in [0.1, 0.15) is 96.7 Å². The Balaban J connectivity index is 1.51. The lowest BCUT2D eigenvalue weighted by molar-refractivity contribution is 0.304. The van der Waals surface area contributed by atoms with E-state index in [1.165, 1.54) is 64.2 Å². The number of benzene rings is 2. The standard InChI is InChI=1S/C34H47O3/c1-4-6-8-10-12-14-24-35-32-20-16-29(17-21-32)31-26-28(3)37-34(27-31)30-18-22-33(23-19-30)36-25-15-13-11-9-7-5-2/h16-23,26-27H,4-15,24-25H2,1-3H3/q+1. The zero-order valence-corrected chi connectivity index (χ0v) is 23.4. The molecule has 3 nitrogen and oxygen atoms in total. The molecule has 3 heteroatoms. The number of unbranched alkanes of at least 4 members (excludes halogenated alkanes) is 10. The van der Waals surface area contributed by atoms with Crippen LogP contribution >= 0.6 is 0 Å². The van der Waals surface area contributed by atoms with Crippen LogP contribution in [0.4, 0.5) is 0 Å². The van der Waals surface area contributed by atoms with Gasteiger partial charge in [-0.25, -0.2) is 4.42 Å². The molecule has 0 amide bonds. The molecule has 0 radical (unpaired) electrons. The molecule has 0 N–H and O–H groups in total. The van der Waals surface area contributed by atoms with Gasteiger partial charge in [0.25, 0.3) is 0 Å². The summed E-state index contributed by atoms with van der Waals surface area (Å²) < 4.78 is 18.0. The molecule has 0 spiro atoms. The molecule has 0 aliphatic rings. The first-order valence-electron chi connectivity index (χ1n) is 14.6. The van der Waals surface area contributed by atoms with Gasteiger partial charge < -0.3 is 9.47 Å². The molecule has 3 aromatic rings. The van der Waals surface area contributed by atoms with Crippen LogP contribution < -0.4 is 9.47 Å². The van der Waals surface area contributed by atoms with E-state index in [0.717, 1.165) is 65.8 Å². The molecule has 0 aliphatic heterocycles. The average Bonchev–Trinajstić information content (AvgIpc) is 2.92. The smallest absolute Gasteiger partial charge is 0.360 e. The van der Waals surface area contributed by atoms with E-state index in [1.54, 1.807) is 0 Å². The summed E-state index contributed by atoms with van der Waals surface area (Å²) in [5.74, 6) is 3.60. The number of hydrogen-bond acceptors (Lipinski definition) is 2. The third kappa shape index (κ3) is 10.6. The molecule has 200 valence electrons. The van der Waals surface area contributed by atoms with Crippen LogP contribution in [-0.4, -0.2) is 13.2 Å². The van der Waals surface area contributed by atoms with Gasteiger partial charge in [-0.2, -0.15) is 0 Å². The lowest BCUT2D eigenvalue weighted by Gasteiger charge is -2.08. The highest BCUT2D eigenvalue weighted by Gasteiger charge is 2.16. The molecule has 1 heterocycles. The Kier molecular flexibility index (Phi) is 13.1. The largest absolute Gasteiger partial charge is 0.494 e. The van der Waals surface area contributed by atoms with Gasteiger partial charge in [0.2, 0.25) is 0 Å². The molecule has 2 aromatic carbocycles. The first-order valence-corrected chi connectivity index (χ1v) is 14.6. The van der Waals surface area contributed by atoms with Gasteiger partial charge in [0.15, 0.2) is 0 Å². The maximum Gasteiger partial charge on any atom is 0.360 e. The van der Waals surface area contributed by atoms with Gasteiger partial charge in [-0.3, -0.25) is 0 Å². The van der Waals surface area contributed by atoms with Gasteiger partial charge in [-0.15, -0.1) is 0 Å². The van der Waals surface area contributed by atoms with E-state index in [2.05, 4.69) is 62.4 Å². The van der Waals surface area contributed by atoms with Crippen LogP contribution in [0.25, 0.3) is 22.5 Å². The van der Waals surface area contributed by atoms with Gasteiger partial charge in [0.05, 0.1) is 31.8 Å². The third-order valence-corrected chi connectivity index (χ3v) is 6.78. The maximum atomic E-state index is 6.07. The van der Waals surface area contributed by atoms with Gasteiger partial charge in [-0.1, -0.05) is 90.2 Å². The second-order valence-electron chi connectivity index (χ2n) is 10.1. The van der Waals surface area contributed by atoms with Crippen molar-refractivity contribution in [1.82, 2.24) is 0 Å². The van der Waals surface area contributed by atoms with Crippen molar-refractivity contribution < 1.29 is 13.9 Å². The lowest BCUT2D eigenvalue weighted by Crippen LogP contribution is -1.97. The van der Waals surface area contributed by atoms with Gasteiger partial charge in [0, 0.05) is 11.6 Å². The molecule has 0 atom stereocenters. The number of ether oxygens (including phenoxy) is 2. The molecular weight excluding hydrogens is 456 g/mol. The van der Waals surface area contributed by atoms with E-state index in [1.807, 2.05) is 19.1 Å². The number of rotatable bonds is 18.